The van der Waals surface area contributed by atoms with E-state index in [0.717, 1.165) is 22.2 Å². The number of carbonyl (C=O) groups is 1. The molecule has 0 bridgehead atoms. The van der Waals surface area contributed by atoms with Gasteiger partial charge in [0.25, 0.3) is 0 Å². The highest BCUT2D eigenvalue weighted by Gasteiger charge is 2.13. The number of phenols is 3. The number of nitrogen functional groups attached to an aromatic ring is 1. The van der Waals surface area contributed by atoms with Crippen LogP contribution < -0.4 is 10.5 Å². The van der Waals surface area contributed by atoms with Crippen LogP contribution >= 0.6 is 0 Å². The summed E-state index contributed by atoms with van der Waals surface area (Å²) >= 11 is 0. The van der Waals surface area contributed by atoms with E-state index < -0.39 is 5.97 Å². The Morgan fingerprint density at radius 2 is 1.33 bits per heavy atom. The number of rotatable bonds is 3. The number of phenolic OH excluding ortho intramolecular Hbond substituents is 3. The molecule has 0 saturated carbocycles. The monoisotopic (exact) mass is 562 g/mol. The summed E-state index contributed by atoms with van der Waals surface area (Å²) in [6.07, 6.45) is 0. The Balaban J connectivity index is 0.000000152. The highest BCUT2D eigenvalue weighted by Crippen LogP contribution is 2.30. The van der Waals surface area contributed by atoms with Gasteiger partial charge in [-0.25, -0.2) is 9.78 Å². The fraction of sp³-hybridized carbons (Fsp3) is 0.0588. The van der Waals surface area contributed by atoms with Crippen LogP contribution in [0.2, 0.25) is 0 Å². The summed E-state index contributed by atoms with van der Waals surface area (Å²) < 4.78 is 10.7. The number of benzene rings is 5. The lowest BCUT2D eigenvalue weighted by molar-refractivity contribution is 0.0731. The molecule has 0 atom stereocenters. The quantitative estimate of drug-likeness (QED) is 0.0757. The van der Waals surface area contributed by atoms with Crippen molar-refractivity contribution in [3.63, 3.8) is 0 Å². The van der Waals surface area contributed by atoms with Crippen molar-refractivity contribution < 1.29 is 29.3 Å². The minimum atomic E-state index is -0.565. The predicted molar refractivity (Wildman–Crippen MR) is 163 cm³/mol. The number of ether oxygens (including phenoxy) is 1. The second kappa shape index (κ2) is 13.5. The Morgan fingerprint density at radius 3 is 2.00 bits per heavy atom. The summed E-state index contributed by atoms with van der Waals surface area (Å²) in [4.78, 5) is 16.0. The number of carbonyl (C=O) groups excluding carboxylic acids is 1. The molecule has 42 heavy (non-hydrogen) atoms. The van der Waals surface area contributed by atoms with E-state index in [1.165, 1.54) is 12.1 Å². The van der Waals surface area contributed by atoms with Gasteiger partial charge in [0.15, 0.2) is 5.58 Å². The van der Waals surface area contributed by atoms with Crippen molar-refractivity contribution in [1.29, 1.82) is 0 Å². The average Bonchev–Trinajstić information content (AvgIpc) is 3.40. The number of hydrogen-bond acceptors (Lipinski definition) is 8. The number of esters is 1. The molecule has 8 heteroatoms. The summed E-state index contributed by atoms with van der Waals surface area (Å²) in [7, 11) is 0. The zero-order chi connectivity index (χ0) is 30.1. The Hall–Kier alpha value is -5.76. The second-order valence-electron chi connectivity index (χ2n) is 9.29. The van der Waals surface area contributed by atoms with Gasteiger partial charge in [-0.3, -0.25) is 0 Å². The van der Waals surface area contributed by atoms with Crippen LogP contribution in [-0.2, 0) is 0 Å². The summed E-state index contributed by atoms with van der Waals surface area (Å²) in [6, 6.07) is 33.0. The molecular formula is C34H30N2O6. The first-order chi connectivity index (χ1) is 20.2. The smallest absolute Gasteiger partial charge is 0.347 e. The fourth-order valence-electron chi connectivity index (χ4n) is 3.78. The van der Waals surface area contributed by atoms with Crippen molar-refractivity contribution >= 4 is 22.8 Å². The van der Waals surface area contributed by atoms with Gasteiger partial charge in [-0.15, -0.1) is 0 Å². The zero-order valence-corrected chi connectivity index (χ0v) is 23.1. The van der Waals surface area contributed by atoms with Crippen molar-refractivity contribution in [3.8, 4) is 34.5 Å². The molecule has 0 aliphatic carbocycles. The lowest BCUT2D eigenvalue weighted by Gasteiger charge is -2.04. The third-order valence-electron chi connectivity index (χ3n) is 5.94. The highest BCUT2D eigenvalue weighted by atomic mass is 16.5. The summed E-state index contributed by atoms with van der Waals surface area (Å²) in [6.45, 7) is 3.93. The van der Waals surface area contributed by atoms with Crippen LogP contribution in [0.4, 0.5) is 5.69 Å². The van der Waals surface area contributed by atoms with Crippen LogP contribution in [0.1, 0.15) is 21.5 Å². The van der Waals surface area contributed by atoms with Crippen LogP contribution in [-0.4, -0.2) is 26.3 Å². The minimum Gasteiger partial charge on any atom is -0.507 e. The molecule has 5 aromatic carbocycles. The minimum absolute atomic E-state index is 0.0802. The molecule has 0 amide bonds. The van der Waals surface area contributed by atoms with Crippen molar-refractivity contribution in [2.75, 3.05) is 5.73 Å². The molecule has 0 fully saturated rings. The number of aromatic nitrogens is 1. The fourth-order valence-corrected chi connectivity index (χ4v) is 3.78. The van der Waals surface area contributed by atoms with Crippen LogP contribution in [0.25, 0.3) is 22.6 Å². The molecule has 0 aliphatic heterocycles. The van der Waals surface area contributed by atoms with Crippen LogP contribution in [0.15, 0.2) is 120 Å². The Morgan fingerprint density at radius 1 is 0.714 bits per heavy atom. The Kier molecular flexibility index (Phi) is 9.42. The van der Waals surface area contributed by atoms with Gasteiger partial charge < -0.3 is 30.2 Å². The van der Waals surface area contributed by atoms with E-state index in [9.17, 15) is 15.0 Å². The summed E-state index contributed by atoms with van der Waals surface area (Å²) in [5, 5.41) is 28.1. The number of hydrogen-bond donors (Lipinski definition) is 4. The normalized spacial score (nSPS) is 10.1. The number of oxazole rings is 1. The lowest BCUT2D eigenvalue weighted by Crippen LogP contribution is -2.08. The highest BCUT2D eigenvalue weighted by molar-refractivity contribution is 5.93. The first-order valence-corrected chi connectivity index (χ1v) is 13.0. The zero-order valence-electron chi connectivity index (χ0n) is 23.1. The number of fused-ring (bicyclic) bond motifs is 1. The number of nitrogens with zero attached hydrogens (tertiary/aromatic N) is 1. The molecule has 212 valence electrons. The predicted octanol–water partition coefficient (Wildman–Crippen LogP) is 7.40. The van der Waals surface area contributed by atoms with Gasteiger partial charge in [-0.1, -0.05) is 54.6 Å². The lowest BCUT2D eigenvalue weighted by atomic mass is 10.2. The van der Waals surface area contributed by atoms with E-state index in [0.29, 0.717) is 22.9 Å². The van der Waals surface area contributed by atoms with Gasteiger partial charge in [0.1, 0.15) is 34.1 Å². The first kappa shape index (κ1) is 29.2. The van der Waals surface area contributed by atoms with E-state index in [-0.39, 0.29) is 22.8 Å². The SMILES string of the molecule is Cc1ccc(O)c(N)c1.Cc1ccc2oc(-c3ccccc3O)nc2c1.O=C(Oc1ccccc1)c1ccccc1O. The van der Waals surface area contributed by atoms with Gasteiger partial charge in [-0.05, 0) is 85.6 Å². The first-order valence-electron chi connectivity index (χ1n) is 13.0. The Labute approximate surface area is 242 Å². The third-order valence-corrected chi connectivity index (χ3v) is 5.94. The molecule has 0 spiro atoms. The van der Waals surface area contributed by atoms with Crippen molar-refractivity contribution in [2.45, 2.75) is 13.8 Å². The molecule has 8 nitrogen and oxygen atoms in total. The molecular weight excluding hydrogens is 532 g/mol. The van der Waals surface area contributed by atoms with Gasteiger partial charge in [0.2, 0.25) is 5.89 Å². The van der Waals surface area contributed by atoms with Crippen LogP contribution in [0.5, 0.6) is 23.0 Å². The second-order valence-corrected chi connectivity index (χ2v) is 9.29. The Bertz CT molecular complexity index is 1800. The topological polar surface area (TPSA) is 139 Å². The van der Waals surface area contributed by atoms with Crippen molar-refractivity contribution in [1.82, 2.24) is 4.98 Å². The largest absolute Gasteiger partial charge is 0.507 e. The van der Waals surface area contributed by atoms with Crippen LogP contribution in [0.3, 0.4) is 0 Å². The number of aryl methyl sites for hydroxylation is 2. The van der Waals surface area contributed by atoms with Crippen molar-refractivity contribution in [3.05, 3.63) is 132 Å². The maximum absolute atomic E-state index is 11.7. The van der Waals surface area contributed by atoms with Gasteiger partial charge in [0.05, 0.1) is 11.3 Å². The molecule has 0 unspecified atom stereocenters. The van der Waals surface area contributed by atoms with Gasteiger partial charge in [0, 0.05) is 0 Å². The summed E-state index contributed by atoms with van der Waals surface area (Å²) in [5.74, 6) is 0.587. The molecule has 0 saturated heterocycles. The van der Waals surface area contributed by atoms with E-state index in [2.05, 4.69) is 4.98 Å². The van der Waals surface area contributed by atoms with Crippen molar-refractivity contribution in [2.24, 2.45) is 0 Å². The van der Waals surface area contributed by atoms with Crippen LogP contribution in [0, 0.1) is 13.8 Å². The number of para-hydroxylation sites is 3. The number of nitrogens with two attached hydrogens (primary N) is 1. The maximum Gasteiger partial charge on any atom is 0.347 e. The molecule has 5 N–H and O–H groups in total. The standard InChI is InChI=1S/C14H11NO2.C13H10O3.C7H9NO/c1-9-6-7-13-11(8-9)15-14(17-13)10-4-2-3-5-12(10)16;14-12-9-5-4-8-11(12)13(15)16-10-6-2-1-3-7-10;1-5-2-3-7(9)6(8)4-5/h2-8,16H,1H3;1-9,14H;2-4,9H,8H2,1H3. The van der Waals surface area contributed by atoms with E-state index >= 15 is 0 Å². The molecule has 6 aromatic rings. The van der Waals surface area contributed by atoms with E-state index in [1.807, 2.05) is 50.2 Å². The van der Waals surface area contributed by atoms with E-state index in [4.69, 9.17) is 20.0 Å². The number of anilines is 1. The molecule has 1 heterocycles. The molecule has 1 aromatic heterocycles. The van der Waals surface area contributed by atoms with E-state index in [1.54, 1.807) is 66.7 Å². The third kappa shape index (κ3) is 7.67. The molecule has 0 radical (unpaired) electrons. The maximum atomic E-state index is 11.7. The van der Waals surface area contributed by atoms with Gasteiger partial charge >= 0.3 is 5.97 Å². The molecule has 6 rings (SSSR count). The molecule has 0 aliphatic rings. The summed E-state index contributed by atoms with van der Waals surface area (Å²) in [5.41, 5.74) is 10.3. The van der Waals surface area contributed by atoms with Gasteiger partial charge in [-0.2, -0.15) is 0 Å². The average molecular weight is 563 g/mol. The number of aromatic hydroxyl groups is 3.